The molecule has 1 amide bonds. The Morgan fingerprint density at radius 2 is 2.24 bits per heavy atom. The molecule has 0 bridgehead atoms. The summed E-state index contributed by atoms with van der Waals surface area (Å²) in [5.74, 6) is -0.470. The van der Waals surface area contributed by atoms with Gasteiger partial charge in [0.25, 0.3) is 5.91 Å². The van der Waals surface area contributed by atoms with Gasteiger partial charge in [-0.05, 0) is 27.9 Å². The molecular formula is C11H15BrN2O3. The third-order valence-electron chi connectivity index (χ3n) is 1.91. The molecule has 0 saturated heterocycles. The molecular weight excluding hydrogens is 288 g/mol. The van der Waals surface area contributed by atoms with Crippen LogP contribution in [0.1, 0.15) is 24.3 Å². The quantitative estimate of drug-likeness (QED) is 0.813. The number of aromatic nitrogens is 1. The first-order chi connectivity index (χ1) is 7.99. The number of H-pyrrole nitrogens is 1. The maximum Gasteiger partial charge on any atom is 0.355 e. The Labute approximate surface area is 108 Å². The maximum absolute atomic E-state index is 11.4. The van der Waals surface area contributed by atoms with Crippen molar-refractivity contribution in [2.75, 3.05) is 13.2 Å². The fraction of sp³-hybridized carbons (Fsp3) is 0.455. The van der Waals surface area contributed by atoms with Gasteiger partial charge in [0.05, 0.1) is 0 Å². The van der Waals surface area contributed by atoms with Crippen LogP contribution in [-0.4, -0.2) is 30.0 Å². The van der Waals surface area contributed by atoms with Gasteiger partial charge in [0, 0.05) is 17.2 Å². The second-order valence-corrected chi connectivity index (χ2v) is 4.92. The van der Waals surface area contributed by atoms with Gasteiger partial charge < -0.3 is 15.0 Å². The molecule has 1 heterocycles. The molecule has 0 aliphatic carbocycles. The molecule has 94 valence electrons. The van der Waals surface area contributed by atoms with Crippen LogP contribution in [0.2, 0.25) is 0 Å². The summed E-state index contributed by atoms with van der Waals surface area (Å²) in [6.45, 7) is 4.29. The molecule has 0 radical (unpaired) electrons. The number of hydrogen-bond donors (Lipinski definition) is 2. The molecule has 1 aromatic heterocycles. The zero-order valence-corrected chi connectivity index (χ0v) is 11.3. The van der Waals surface area contributed by atoms with Gasteiger partial charge in [0.15, 0.2) is 6.61 Å². The first-order valence-corrected chi connectivity index (χ1v) is 6.06. The van der Waals surface area contributed by atoms with Gasteiger partial charge in [0.2, 0.25) is 0 Å². The van der Waals surface area contributed by atoms with Crippen molar-refractivity contribution >= 4 is 27.8 Å². The normalized spacial score (nSPS) is 10.4. The number of carbonyl (C=O) groups excluding carboxylic acids is 2. The molecule has 6 heteroatoms. The summed E-state index contributed by atoms with van der Waals surface area (Å²) in [6, 6.07) is 1.59. The van der Waals surface area contributed by atoms with Crippen molar-refractivity contribution in [3.05, 3.63) is 22.4 Å². The minimum atomic E-state index is -0.546. The SMILES string of the molecule is CC(C)CNC(=O)COC(=O)c1cc(Br)c[nH]1. The lowest BCUT2D eigenvalue weighted by molar-refractivity contribution is -0.124. The van der Waals surface area contributed by atoms with Gasteiger partial charge in [-0.3, -0.25) is 4.79 Å². The average molecular weight is 303 g/mol. The number of amides is 1. The van der Waals surface area contributed by atoms with Crippen molar-refractivity contribution in [3.8, 4) is 0 Å². The van der Waals surface area contributed by atoms with E-state index in [0.29, 0.717) is 18.2 Å². The van der Waals surface area contributed by atoms with Gasteiger partial charge in [-0.25, -0.2) is 4.79 Å². The molecule has 0 unspecified atom stereocenters. The molecule has 0 saturated carbocycles. The number of esters is 1. The van der Waals surface area contributed by atoms with Crippen LogP contribution in [0.3, 0.4) is 0 Å². The Morgan fingerprint density at radius 1 is 1.53 bits per heavy atom. The van der Waals surface area contributed by atoms with Crippen molar-refractivity contribution in [2.45, 2.75) is 13.8 Å². The van der Waals surface area contributed by atoms with Crippen molar-refractivity contribution in [3.63, 3.8) is 0 Å². The van der Waals surface area contributed by atoms with Crippen molar-refractivity contribution in [2.24, 2.45) is 5.92 Å². The highest BCUT2D eigenvalue weighted by Crippen LogP contribution is 2.11. The smallest absolute Gasteiger partial charge is 0.355 e. The van der Waals surface area contributed by atoms with Gasteiger partial charge >= 0.3 is 5.97 Å². The largest absolute Gasteiger partial charge is 0.451 e. The number of nitrogens with one attached hydrogen (secondary N) is 2. The second kappa shape index (κ2) is 6.44. The summed E-state index contributed by atoms with van der Waals surface area (Å²) in [5, 5.41) is 2.66. The molecule has 17 heavy (non-hydrogen) atoms. The first kappa shape index (κ1) is 13.8. The van der Waals surface area contributed by atoms with Crippen LogP contribution in [0.15, 0.2) is 16.7 Å². The lowest BCUT2D eigenvalue weighted by atomic mass is 10.2. The highest BCUT2D eigenvalue weighted by molar-refractivity contribution is 9.10. The van der Waals surface area contributed by atoms with E-state index in [1.807, 2.05) is 13.8 Å². The third kappa shape index (κ3) is 5.04. The molecule has 0 spiro atoms. The fourth-order valence-corrected chi connectivity index (χ4v) is 1.41. The van der Waals surface area contributed by atoms with Crippen molar-refractivity contribution in [1.82, 2.24) is 10.3 Å². The summed E-state index contributed by atoms with van der Waals surface area (Å²) in [4.78, 5) is 25.5. The van der Waals surface area contributed by atoms with Crippen molar-refractivity contribution < 1.29 is 14.3 Å². The third-order valence-corrected chi connectivity index (χ3v) is 2.37. The summed E-state index contributed by atoms with van der Waals surface area (Å²) in [6.07, 6.45) is 1.62. The van der Waals surface area contributed by atoms with Crippen LogP contribution < -0.4 is 5.32 Å². The lowest BCUT2D eigenvalue weighted by Gasteiger charge is -2.07. The van der Waals surface area contributed by atoms with Crippen LogP contribution in [0.4, 0.5) is 0 Å². The van der Waals surface area contributed by atoms with E-state index in [2.05, 4.69) is 26.2 Å². The van der Waals surface area contributed by atoms with E-state index < -0.39 is 5.97 Å². The predicted octanol–water partition coefficient (Wildman–Crippen LogP) is 1.71. The van der Waals surface area contributed by atoms with Gasteiger partial charge in [-0.1, -0.05) is 13.8 Å². The van der Waals surface area contributed by atoms with Gasteiger partial charge in [-0.2, -0.15) is 0 Å². The van der Waals surface area contributed by atoms with Gasteiger partial charge in [0.1, 0.15) is 5.69 Å². The monoisotopic (exact) mass is 302 g/mol. The fourth-order valence-electron chi connectivity index (χ4n) is 1.06. The molecule has 0 atom stereocenters. The standard InChI is InChI=1S/C11H15BrN2O3/c1-7(2)4-14-10(15)6-17-11(16)9-3-8(12)5-13-9/h3,5,7,13H,4,6H2,1-2H3,(H,14,15). The Bertz CT molecular complexity index is 401. The van der Waals surface area contributed by atoms with E-state index in [1.165, 1.54) is 0 Å². The summed E-state index contributed by atoms with van der Waals surface area (Å²) >= 11 is 3.20. The number of ether oxygens (including phenoxy) is 1. The van der Waals surface area contributed by atoms with E-state index in [9.17, 15) is 9.59 Å². The van der Waals surface area contributed by atoms with Crippen LogP contribution in [0, 0.1) is 5.92 Å². The number of aromatic amines is 1. The lowest BCUT2D eigenvalue weighted by Crippen LogP contribution is -2.31. The molecule has 1 aromatic rings. The van der Waals surface area contributed by atoms with Gasteiger partial charge in [-0.15, -0.1) is 0 Å². The molecule has 5 nitrogen and oxygen atoms in total. The molecule has 0 fully saturated rings. The van der Waals surface area contributed by atoms with E-state index >= 15 is 0 Å². The van der Waals surface area contributed by atoms with Crippen LogP contribution in [0.25, 0.3) is 0 Å². The topological polar surface area (TPSA) is 71.2 Å². The Kier molecular flexibility index (Phi) is 5.21. The van der Waals surface area contributed by atoms with Crippen molar-refractivity contribution in [1.29, 1.82) is 0 Å². The number of halogens is 1. The maximum atomic E-state index is 11.4. The predicted molar refractivity (Wildman–Crippen MR) is 66.6 cm³/mol. The van der Waals surface area contributed by atoms with Crippen LogP contribution in [0.5, 0.6) is 0 Å². The first-order valence-electron chi connectivity index (χ1n) is 5.26. The molecule has 2 N–H and O–H groups in total. The minimum Gasteiger partial charge on any atom is -0.451 e. The molecule has 0 aliphatic heterocycles. The summed E-state index contributed by atoms with van der Waals surface area (Å²) in [5.41, 5.74) is 0.313. The molecule has 1 rings (SSSR count). The van der Waals surface area contributed by atoms with E-state index in [0.717, 1.165) is 4.47 Å². The Balaban J connectivity index is 2.31. The Hall–Kier alpha value is -1.30. The van der Waals surface area contributed by atoms with E-state index in [-0.39, 0.29) is 12.5 Å². The van der Waals surface area contributed by atoms with Crippen LogP contribution >= 0.6 is 15.9 Å². The van der Waals surface area contributed by atoms with Crippen LogP contribution in [-0.2, 0) is 9.53 Å². The minimum absolute atomic E-state index is 0.262. The summed E-state index contributed by atoms with van der Waals surface area (Å²) < 4.78 is 5.59. The molecule has 0 aromatic carbocycles. The zero-order chi connectivity index (χ0) is 12.8. The highest BCUT2D eigenvalue weighted by atomic mass is 79.9. The molecule has 0 aliphatic rings. The zero-order valence-electron chi connectivity index (χ0n) is 9.75. The van der Waals surface area contributed by atoms with E-state index in [1.54, 1.807) is 12.3 Å². The highest BCUT2D eigenvalue weighted by Gasteiger charge is 2.11. The Morgan fingerprint density at radius 3 is 2.76 bits per heavy atom. The second-order valence-electron chi connectivity index (χ2n) is 4.01. The summed E-state index contributed by atoms with van der Waals surface area (Å²) in [7, 11) is 0. The average Bonchev–Trinajstić information content (AvgIpc) is 2.70. The number of carbonyl (C=O) groups is 2. The van der Waals surface area contributed by atoms with E-state index in [4.69, 9.17) is 4.74 Å². The number of rotatable bonds is 5. The number of hydrogen-bond acceptors (Lipinski definition) is 3.